The highest BCUT2D eigenvalue weighted by atomic mass is 16.2. The molecule has 3 nitrogen and oxygen atoms in total. The van der Waals surface area contributed by atoms with Gasteiger partial charge in [-0.05, 0) is 31.6 Å². The molecule has 1 amide bonds. The molecule has 0 atom stereocenters. The van der Waals surface area contributed by atoms with Crippen molar-refractivity contribution in [2.45, 2.75) is 32.1 Å². The average molecular weight is 220 g/mol. The molecule has 3 heteroatoms. The molecular formula is C13H20N2O. The number of hydrogen-bond acceptors (Lipinski definition) is 2. The van der Waals surface area contributed by atoms with Gasteiger partial charge in [0.25, 0.3) is 0 Å². The summed E-state index contributed by atoms with van der Waals surface area (Å²) in [6, 6.07) is 0. The summed E-state index contributed by atoms with van der Waals surface area (Å²) in [6.07, 6.45) is 10.8. The monoisotopic (exact) mass is 220 g/mol. The average Bonchev–Trinajstić information content (AvgIpc) is 3.00. The molecule has 0 aromatic heterocycles. The van der Waals surface area contributed by atoms with Crippen LogP contribution < -0.4 is 5.73 Å². The van der Waals surface area contributed by atoms with E-state index >= 15 is 0 Å². The van der Waals surface area contributed by atoms with Crippen LogP contribution in [-0.2, 0) is 4.79 Å². The molecule has 88 valence electrons. The van der Waals surface area contributed by atoms with E-state index in [2.05, 4.69) is 5.92 Å². The first-order chi connectivity index (χ1) is 7.72. The van der Waals surface area contributed by atoms with Gasteiger partial charge >= 0.3 is 0 Å². The van der Waals surface area contributed by atoms with Crippen LogP contribution in [0.4, 0.5) is 0 Å². The fourth-order valence-electron chi connectivity index (χ4n) is 2.39. The Hall–Kier alpha value is -1.01. The molecule has 0 saturated heterocycles. The molecule has 0 aromatic carbocycles. The van der Waals surface area contributed by atoms with Gasteiger partial charge < -0.3 is 10.6 Å². The van der Waals surface area contributed by atoms with Crippen molar-refractivity contribution in [3.05, 3.63) is 0 Å². The highest BCUT2D eigenvalue weighted by Gasteiger charge is 2.45. The molecule has 2 rings (SSSR count). The van der Waals surface area contributed by atoms with E-state index in [-0.39, 0.29) is 11.3 Å². The SMILES string of the molecule is C#CCN(CC1CC1)C(=O)C1(CN)CCC1. The lowest BCUT2D eigenvalue weighted by molar-refractivity contribution is -0.146. The lowest BCUT2D eigenvalue weighted by atomic mass is 9.68. The summed E-state index contributed by atoms with van der Waals surface area (Å²) in [5, 5.41) is 0. The number of carbonyl (C=O) groups excluding carboxylic acids is 1. The van der Waals surface area contributed by atoms with Crippen LogP contribution in [-0.4, -0.2) is 30.4 Å². The standard InChI is InChI=1S/C13H20N2O/c1-2-8-15(9-11-4-5-11)12(16)13(10-14)6-3-7-13/h1,11H,3-10,14H2. The maximum Gasteiger partial charge on any atom is 0.230 e. The minimum atomic E-state index is -0.272. The lowest BCUT2D eigenvalue weighted by Crippen LogP contribution is -2.52. The zero-order valence-corrected chi connectivity index (χ0v) is 9.74. The summed E-state index contributed by atoms with van der Waals surface area (Å²) in [6.45, 7) is 1.75. The molecule has 2 fully saturated rings. The lowest BCUT2D eigenvalue weighted by Gasteiger charge is -2.42. The second kappa shape index (κ2) is 4.47. The van der Waals surface area contributed by atoms with Crippen molar-refractivity contribution in [2.75, 3.05) is 19.6 Å². The van der Waals surface area contributed by atoms with Gasteiger partial charge in [-0.1, -0.05) is 12.3 Å². The van der Waals surface area contributed by atoms with Crippen LogP contribution >= 0.6 is 0 Å². The molecule has 2 aliphatic carbocycles. The third-order valence-corrected chi connectivity index (χ3v) is 3.90. The predicted molar refractivity (Wildman–Crippen MR) is 63.5 cm³/mol. The molecule has 0 heterocycles. The second-order valence-electron chi connectivity index (χ2n) is 5.17. The fraction of sp³-hybridized carbons (Fsp3) is 0.769. The molecule has 0 radical (unpaired) electrons. The number of carbonyl (C=O) groups is 1. The third kappa shape index (κ3) is 2.08. The first kappa shape index (κ1) is 11.5. The van der Waals surface area contributed by atoms with E-state index in [0.29, 0.717) is 19.0 Å². The van der Waals surface area contributed by atoms with Gasteiger partial charge in [-0.25, -0.2) is 0 Å². The van der Waals surface area contributed by atoms with E-state index in [4.69, 9.17) is 12.2 Å². The van der Waals surface area contributed by atoms with Crippen molar-refractivity contribution in [3.8, 4) is 12.3 Å². The van der Waals surface area contributed by atoms with Gasteiger partial charge in [-0.2, -0.15) is 0 Å². The zero-order chi connectivity index (χ0) is 11.6. The Morgan fingerprint density at radius 3 is 2.56 bits per heavy atom. The van der Waals surface area contributed by atoms with Crippen molar-refractivity contribution in [2.24, 2.45) is 17.1 Å². The summed E-state index contributed by atoms with van der Waals surface area (Å²) in [4.78, 5) is 14.2. The molecule has 0 aromatic rings. The summed E-state index contributed by atoms with van der Waals surface area (Å²) in [5.74, 6) is 3.48. The third-order valence-electron chi connectivity index (χ3n) is 3.90. The van der Waals surface area contributed by atoms with Gasteiger partial charge in [-0.3, -0.25) is 4.79 Å². The molecule has 2 N–H and O–H groups in total. The number of terminal acetylenes is 1. The Morgan fingerprint density at radius 1 is 1.50 bits per heavy atom. The first-order valence-electron chi connectivity index (χ1n) is 6.15. The summed E-state index contributed by atoms with van der Waals surface area (Å²) in [5.41, 5.74) is 5.48. The number of nitrogens with two attached hydrogens (primary N) is 1. The second-order valence-corrected chi connectivity index (χ2v) is 5.17. The Balaban J connectivity index is 2.00. The smallest absolute Gasteiger partial charge is 0.230 e. The normalized spacial score (nSPS) is 22.0. The van der Waals surface area contributed by atoms with Gasteiger partial charge in [0.1, 0.15) is 0 Å². The van der Waals surface area contributed by atoms with E-state index in [9.17, 15) is 4.79 Å². The van der Waals surface area contributed by atoms with Crippen molar-refractivity contribution in [1.82, 2.24) is 4.90 Å². The van der Waals surface area contributed by atoms with E-state index < -0.39 is 0 Å². The Kier molecular flexibility index (Phi) is 3.20. The minimum Gasteiger partial charge on any atom is -0.331 e. The van der Waals surface area contributed by atoms with Gasteiger partial charge in [0, 0.05) is 13.1 Å². The quantitative estimate of drug-likeness (QED) is 0.702. The van der Waals surface area contributed by atoms with Crippen LogP contribution in [0.25, 0.3) is 0 Å². The summed E-state index contributed by atoms with van der Waals surface area (Å²) < 4.78 is 0. The van der Waals surface area contributed by atoms with Crippen molar-refractivity contribution in [1.29, 1.82) is 0 Å². The molecule has 0 spiro atoms. The molecule has 2 saturated carbocycles. The van der Waals surface area contributed by atoms with E-state index in [0.717, 1.165) is 25.8 Å². The molecule has 0 unspecified atom stereocenters. The summed E-state index contributed by atoms with van der Waals surface area (Å²) in [7, 11) is 0. The minimum absolute atomic E-state index is 0.200. The van der Waals surface area contributed by atoms with Crippen LogP contribution in [0.2, 0.25) is 0 Å². The van der Waals surface area contributed by atoms with Gasteiger partial charge in [0.05, 0.1) is 12.0 Å². The molecule has 0 bridgehead atoms. The Morgan fingerprint density at radius 2 is 2.19 bits per heavy atom. The van der Waals surface area contributed by atoms with Crippen LogP contribution in [0.1, 0.15) is 32.1 Å². The van der Waals surface area contributed by atoms with Crippen LogP contribution in [0, 0.1) is 23.7 Å². The molecule has 0 aliphatic heterocycles. The zero-order valence-electron chi connectivity index (χ0n) is 9.74. The maximum absolute atomic E-state index is 12.4. The first-order valence-corrected chi connectivity index (χ1v) is 6.15. The van der Waals surface area contributed by atoms with Crippen molar-refractivity contribution >= 4 is 5.91 Å². The number of nitrogens with zero attached hydrogens (tertiary/aromatic N) is 1. The van der Waals surface area contributed by atoms with Crippen LogP contribution in [0.15, 0.2) is 0 Å². The largest absolute Gasteiger partial charge is 0.331 e. The van der Waals surface area contributed by atoms with Gasteiger partial charge in [0.15, 0.2) is 0 Å². The Bertz CT molecular complexity index is 305. The van der Waals surface area contributed by atoms with Crippen LogP contribution in [0.5, 0.6) is 0 Å². The topological polar surface area (TPSA) is 46.3 Å². The van der Waals surface area contributed by atoms with E-state index in [1.165, 1.54) is 12.8 Å². The summed E-state index contributed by atoms with van der Waals surface area (Å²) >= 11 is 0. The van der Waals surface area contributed by atoms with E-state index in [1.807, 2.05) is 4.90 Å². The van der Waals surface area contributed by atoms with Crippen LogP contribution in [0.3, 0.4) is 0 Å². The van der Waals surface area contributed by atoms with Crippen molar-refractivity contribution in [3.63, 3.8) is 0 Å². The molecular weight excluding hydrogens is 200 g/mol. The van der Waals surface area contributed by atoms with Gasteiger partial charge in [-0.15, -0.1) is 6.42 Å². The van der Waals surface area contributed by atoms with Crippen molar-refractivity contribution < 1.29 is 4.79 Å². The number of hydrogen-bond donors (Lipinski definition) is 1. The van der Waals surface area contributed by atoms with E-state index in [1.54, 1.807) is 0 Å². The highest BCUT2D eigenvalue weighted by Crippen LogP contribution is 2.42. The fourth-order valence-corrected chi connectivity index (χ4v) is 2.39. The molecule has 16 heavy (non-hydrogen) atoms. The number of amides is 1. The number of rotatable bonds is 5. The Labute approximate surface area is 97.4 Å². The van der Waals surface area contributed by atoms with Gasteiger partial charge in [0.2, 0.25) is 5.91 Å². The maximum atomic E-state index is 12.4. The molecule has 2 aliphatic rings. The predicted octanol–water partition coefficient (Wildman–Crippen LogP) is 0.987. The highest BCUT2D eigenvalue weighted by molar-refractivity contribution is 5.84.